The lowest BCUT2D eigenvalue weighted by Crippen LogP contribution is -2.45. The second-order valence-corrected chi connectivity index (χ2v) is 10.0. The van der Waals surface area contributed by atoms with E-state index in [1.807, 2.05) is 11.1 Å². The van der Waals surface area contributed by atoms with E-state index in [1.165, 1.54) is 18.4 Å². The Morgan fingerprint density at radius 2 is 2.03 bits per heavy atom. The molecule has 0 amide bonds. The van der Waals surface area contributed by atoms with Gasteiger partial charge in [-0.15, -0.1) is 11.3 Å². The van der Waals surface area contributed by atoms with Crippen LogP contribution in [0, 0.1) is 11.8 Å². The first-order valence-corrected chi connectivity index (χ1v) is 11.5. The maximum absolute atomic E-state index is 16.4. The highest BCUT2D eigenvalue weighted by Crippen LogP contribution is 2.64. The molecule has 3 unspecified atom stereocenters. The van der Waals surface area contributed by atoms with Crippen molar-refractivity contribution in [2.45, 2.75) is 50.0 Å². The molecule has 2 heterocycles. The third kappa shape index (κ3) is 2.99. The van der Waals surface area contributed by atoms with Gasteiger partial charge in [0.25, 0.3) is 12.0 Å². The molecule has 1 fully saturated rings. The molecule has 0 saturated heterocycles. The van der Waals surface area contributed by atoms with E-state index in [0.717, 1.165) is 29.7 Å². The van der Waals surface area contributed by atoms with Gasteiger partial charge >= 0.3 is 5.69 Å². The summed E-state index contributed by atoms with van der Waals surface area (Å²) in [7, 11) is 1.35. The fourth-order valence-corrected chi connectivity index (χ4v) is 7.02. The van der Waals surface area contributed by atoms with Crippen LogP contribution in [-0.4, -0.2) is 30.0 Å². The summed E-state index contributed by atoms with van der Waals surface area (Å²) < 4.78 is 50.5. The van der Waals surface area contributed by atoms with Crippen LogP contribution in [0.2, 0.25) is 0 Å². The van der Waals surface area contributed by atoms with E-state index < -0.39 is 46.2 Å². The maximum Gasteiger partial charge on any atom is 0.326 e. The first kappa shape index (κ1) is 21.7. The van der Waals surface area contributed by atoms with E-state index in [-0.39, 0.29) is 11.6 Å². The lowest BCUT2D eigenvalue weighted by molar-refractivity contribution is 0.0192. The standard InChI is InChI=1S/C22H24F3N3O3S/c1-31-18-16-14(20(29)28-21(30)27-16)15(19(24)25)17(23)22(18,11-3-4-11)13-7-10-6-9(8-26)2-5-12(10)32-13/h7,9,11,18-19H,2-6,8,26H2,1H3,(H2,27,28,29,30). The van der Waals surface area contributed by atoms with Gasteiger partial charge in [-0.1, -0.05) is 0 Å². The summed E-state index contributed by atoms with van der Waals surface area (Å²) in [6.45, 7) is 0.556. The molecule has 0 aliphatic heterocycles. The predicted octanol–water partition coefficient (Wildman–Crippen LogP) is 3.18. The monoisotopic (exact) mass is 467 g/mol. The summed E-state index contributed by atoms with van der Waals surface area (Å²) in [5.41, 5.74) is 1.95. The van der Waals surface area contributed by atoms with Crippen molar-refractivity contribution >= 4 is 16.9 Å². The highest BCUT2D eigenvalue weighted by atomic mass is 32.1. The Labute approximate surface area is 185 Å². The predicted molar refractivity (Wildman–Crippen MR) is 115 cm³/mol. The summed E-state index contributed by atoms with van der Waals surface area (Å²) in [6, 6.07) is 1.91. The van der Waals surface area contributed by atoms with Crippen molar-refractivity contribution in [3.63, 3.8) is 0 Å². The number of aromatic nitrogens is 2. The molecule has 2 aromatic rings. The third-order valence-corrected chi connectivity index (χ3v) is 8.51. The number of hydrogen-bond donors (Lipinski definition) is 3. The van der Waals surface area contributed by atoms with Crippen molar-refractivity contribution in [3.05, 3.63) is 59.3 Å². The van der Waals surface area contributed by atoms with Gasteiger partial charge in [0.15, 0.2) is 0 Å². The number of ether oxygens (including phenoxy) is 1. The van der Waals surface area contributed by atoms with Crippen molar-refractivity contribution in [1.82, 2.24) is 9.97 Å². The maximum atomic E-state index is 16.4. The zero-order valence-corrected chi connectivity index (χ0v) is 18.3. The van der Waals surface area contributed by atoms with Crippen LogP contribution in [0.4, 0.5) is 13.2 Å². The van der Waals surface area contributed by atoms with E-state index in [4.69, 9.17) is 10.5 Å². The minimum atomic E-state index is -3.23. The summed E-state index contributed by atoms with van der Waals surface area (Å²) >= 11 is 1.42. The SMILES string of the molecule is COC1c2[nH]c(=O)[nH]c(=O)c2C(C(F)F)=C(F)C1(c1cc2c(s1)CCC(CN)C2)C1CC1. The van der Waals surface area contributed by atoms with E-state index in [2.05, 4.69) is 4.98 Å². The average molecular weight is 468 g/mol. The number of nitrogens with two attached hydrogens (primary N) is 1. The summed E-state index contributed by atoms with van der Waals surface area (Å²) in [5.74, 6) is -0.970. The molecular formula is C22H24F3N3O3S. The Morgan fingerprint density at radius 1 is 1.28 bits per heavy atom. The van der Waals surface area contributed by atoms with Gasteiger partial charge in [0.05, 0.1) is 22.2 Å². The van der Waals surface area contributed by atoms with Gasteiger partial charge < -0.3 is 15.5 Å². The molecule has 5 rings (SSSR count). The lowest BCUT2D eigenvalue weighted by atomic mass is 9.67. The zero-order chi connectivity index (χ0) is 22.8. The van der Waals surface area contributed by atoms with Crippen LogP contribution in [0.5, 0.6) is 0 Å². The van der Waals surface area contributed by atoms with E-state index in [9.17, 15) is 18.4 Å². The molecule has 4 N–H and O–H groups in total. The van der Waals surface area contributed by atoms with Crippen molar-refractivity contribution in [2.24, 2.45) is 17.6 Å². The Kier molecular flexibility index (Phi) is 5.22. The number of hydrogen-bond acceptors (Lipinski definition) is 5. The molecular weight excluding hydrogens is 443 g/mol. The number of nitrogens with one attached hydrogen (secondary N) is 2. The van der Waals surface area contributed by atoms with Gasteiger partial charge in [0.1, 0.15) is 11.9 Å². The quantitative estimate of drug-likeness (QED) is 0.629. The van der Waals surface area contributed by atoms with Crippen molar-refractivity contribution in [2.75, 3.05) is 13.7 Å². The van der Waals surface area contributed by atoms with Gasteiger partial charge in [0, 0.05) is 16.9 Å². The Balaban J connectivity index is 1.81. The van der Waals surface area contributed by atoms with Gasteiger partial charge in [-0.05, 0) is 62.1 Å². The second kappa shape index (κ2) is 7.71. The summed E-state index contributed by atoms with van der Waals surface area (Å²) in [4.78, 5) is 30.7. The largest absolute Gasteiger partial charge is 0.374 e. The topological polar surface area (TPSA) is 101 Å². The molecule has 172 valence electrons. The first-order chi connectivity index (χ1) is 15.3. The molecule has 1 saturated carbocycles. The number of allylic oxidation sites excluding steroid dienone is 1. The summed E-state index contributed by atoms with van der Waals surface area (Å²) in [5, 5.41) is 0. The Hall–Kier alpha value is -2.17. The smallest absolute Gasteiger partial charge is 0.326 e. The second-order valence-electron chi connectivity index (χ2n) is 8.89. The van der Waals surface area contributed by atoms with Gasteiger partial charge in [-0.2, -0.15) is 0 Å². The normalized spacial score (nSPS) is 27.6. The lowest BCUT2D eigenvalue weighted by Gasteiger charge is -2.43. The number of rotatable bonds is 5. The molecule has 3 atom stereocenters. The van der Waals surface area contributed by atoms with Crippen LogP contribution in [0.15, 0.2) is 21.5 Å². The van der Waals surface area contributed by atoms with Crippen molar-refractivity contribution in [1.29, 1.82) is 0 Å². The van der Waals surface area contributed by atoms with Crippen LogP contribution >= 0.6 is 11.3 Å². The summed E-state index contributed by atoms with van der Waals surface area (Å²) in [6.07, 6.45) is -0.553. The Bertz CT molecular complexity index is 1210. The first-order valence-electron chi connectivity index (χ1n) is 10.7. The molecule has 3 aliphatic rings. The number of thiophene rings is 1. The molecule has 0 radical (unpaired) electrons. The van der Waals surface area contributed by atoms with E-state index in [1.54, 1.807) is 0 Å². The number of fused-ring (bicyclic) bond motifs is 2. The Morgan fingerprint density at radius 3 is 2.66 bits per heavy atom. The van der Waals surface area contributed by atoms with Crippen LogP contribution in [0.25, 0.3) is 5.57 Å². The fraction of sp³-hybridized carbons (Fsp3) is 0.545. The number of halogens is 3. The van der Waals surface area contributed by atoms with Gasteiger partial charge in [-0.25, -0.2) is 18.0 Å². The number of aryl methyl sites for hydroxylation is 1. The third-order valence-electron chi connectivity index (χ3n) is 7.12. The molecule has 0 aromatic carbocycles. The van der Waals surface area contributed by atoms with E-state index >= 15 is 4.39 Å². The average Bonchev–Trinajstić information content (AvgIpc) is 3.51. The highest BCUT2D eigenvalue weighted by Gasteiger charge is 2.61. The molecule has 10 heteroatoms. The van der Waals surface area contributed by atoms with Crippen LogP contribution in [0.1, 0.15) is 51.9 Å². The molecule has 0 spiro atoms. The number of methoxy groups -OCH3 is 1. The number of aromatic amines is 2. The van der Waals surface area contributed by atoms with Gasteiger partial charge in [-0.3, -0.25) is 9.78 Å². The molecule has 3 aliphatic carbocycles. The number of alkyl halides is 2. The van der Waals surface area contributed by atoms with Crippen LogP contribution < -0.4 is 17.0 Å². The molecule has 6 nitrogen and oxygen atoms in total. The van der Waals surface area contributed by atoms with Crippen LogP contribution in [0.3, 0.4) is 0 Å². The van der Waals surface area contributed by atoms with Crippen molar-refractivity contribution < 1.29 is 17.9 Å². The van der Waals surface area contributed by atoms with Crippen molar-refractivity contribution in [3.8, 4) is 0 Å². The van der Waals surface area contributed by atoms with Gasteiger partial charge in [0.2, 0.25) is 0 Å². The molecule has 0 bridgehead atoms. The highest BCUT2D eigenvalue weighted by molar-refractivity contribution is 7.12. The molecule has 32 heavy (non-hydrogen) atoms. The molecule has 2 aromatic heterocycles. The van der Waals surface area contributed by atoms with Crippen LogP contribution in [-0.2, 0) is 23.0 Å². The minimum absolute atomic E-state index is 0.0870. The number of H-pyrrole nitrogens is 2. The minimum Gasteiger partial charge on any atom is -0.374 e. The fourth-order valence-electron chi connectivity index (χ4n) is 5.53. The zero-order valence-electron chi connectivity index (χ0n) is 17.5. The van der Waals surface area contributed by atoms with E-state index in [0.29, 0.717) is 30.2 Å².